The van der Waals surface area contributed by atoms with Gasteiger partial charge in [-0.3, -0.25) is 4.79 Å². The Kier molecular flexibility index (Phi) is 7.06. The summed E-state index contributed by atoms with van der Waals surface area (Å²) in [5, 5.41) is 6.16. The van der Waals surface area contributed by atoms with Gasteiger partial charge in [-0.1, -0.05) is 18.2 Å². The van der Waals surface area contributed by atoms with Crippen molar-refractivity contribution in [2.24, 2.45) is 0 Å². The number of piperidine rings is 1. The normalized spacial score (nSPS) is 19.5. The lowest BCUT2D eigenvalue weighted by molar-refractivity contribution is -0.121. The maximum atomic E-state index is 13.5. The number of hydrogen-bond donors (Lipinski definition) is 2. The first kappa shape index (κ1) is 20.3. The standard InChI is InChI=1S/C19H19F3N2O.ClH/c20-14-4-1-12(2-5-14)9-19(25)24-18-11-23-8-7-15(18)13-3-6-16(21)17(22)10-13;/h1-6,10,15,18,23H,7-9,11H2,(H,24,25);1H. The third kappa shape index (κ3) is 4.99. The van der Waals surface area contributed by atoms with Crippen molar-refractivity contribution >= 4 is 18.3 Å². The Labute approximate surface area is 156 Å². The summed E-state index contributed by atoms with van der Waals surface area (Å²) in [7, 11) is 0. The molecule has 1 amide bonds. The van der Waals surface area contributed by atoms with Crippen LogP contribution in [-0.4, -0.2) is 25.0 Å². The third-order valence-corrected chi connectivity index (χ3v) is 4.48. The van der Waals surface area contributed by atoms with Crippen molar-refractivity contribution in [1.82, 2.24) is 10.6 Å². The van der Waals surface area contributed by atoms with E-state index in [4.69, 9.17) is 0 Å². The lowest BCUT2D eigenvalue weighted by atomic mass is 9.86. The van der Waals surface area contributed by atoms with Crippen LogP contribution in [0.4, 0.5) is 13.2 Å². The van der Waals surface area contributed by atoms with Crippen molar-refractivity contribution in [2.45, 2.75) is 24.8 Å². The first-order valence-electron chi connectivity index (χ1n) is 8.22. The maximum absolute atomic E-state index is 13.5. The summed E-state index contributed by atoms with van der Waals surface area (Å²) >= 11 is 0. The second-order valence-corrected chi connectivity index (χ2v) is 6.25. The van der Waals surface area contributed by atoms with E-state index >= 15 is 0 Å². The zero-order valence-electron chi connectivity index (χ0n) is 14.0. The van der Waals surface area contributed by atoms with E-state index in [0.29, 0.717) is 24.1 Å². The van der Waals surface area contributed by atoms with Gasteiger partial charge < -0.3 is 10.6 Å². The minimum Gasteiger partial charge on any atom is -0.351 e. The Morgan fingerprint density at radius 2 is 1.81 bits per heavy atom. The fourth-order valence-corrected chi connectivity index (χ4v) is 3.20. The Hall–Kier alpha value is -2.05. The van der Waals surface area contributed by atoms with Crippen LogP contribution in [0.5, 0.6) is 0 Å². The molecule has 0 saturated carbocycles. The van der Waals surface area contributed by atoms with Gasteiger partial charge in [0, 0.05) is 18.5 Å². The lowest BCUT2D eigenvalue weighted by Gasteiger charge is -2.33. The molecule has 1 fully saturated rings. The molecule has 26 heavy (non-hydrogen) atoms. The van der Waals surface area contributed by atoms with Gasteiger partial charge in [0.25, 0.3) is 0 Å². The molecule has 3 nitrogen and oxygen atoms in total. The van der Waals surface area contributed by atoms with Crippen LogP contribution in [0.3, 0.4) is 0 Å². The highest BCUT2D eigenvalue weighted by Gasteiger charge is 2.28. The molecule has 3 rings (SSSR count). The van der Waals surface area contributed by atoms with Gasteiger partial charge in [-0.05, 0) is 48.4 Å². The molecule has 0 spiro atoms. The summed E-state index contributed by atoms with van der Waals surface area (Å²) < 4.78 is 39.6. The molecule has 1 aliphatic rings. The summed E-state index contributed by atoms with van der Waals surface area (Å²) in [4.78, 5) is 12.3. The molecule has 1 saturated heterocycles. The van der Waals surface area contributed by atoms with E-state index in [9.17, 15) is 18.0 Å². The Morgan fingerprint density at radius 3 is 2.50 bits per heavy atom. The van der Waals surface area contributed by atoms with Crippen LogP contribution in [0.25, 0.3) is 0 Å². The molecule has 2 atom stereocenters. The number of halogens is 4. The molecular weight excluding hydrogens is 365 g/mol. The van der Waals surface area contributed by atoms with E-state index in [0.717, 1.165) is 12.6 Å². The number of benzene rings is 2. The van der Waals surface area contributed by atoms with Crippen molar-refractivity contribution in [2.75, 3.05) is 13.1 Å². The average Bonchev–Trinajstić information content (AvgIpc) is 2.60. The minimum atomic E-state index is -0.882. The van der Waals surface area contributed by atoms with E-state index in [1.165, 1.54) is 18.2 Å². The fraction of sp³-hybridized carbons (Fsp3) is 0.316. The zero-order chi connectivity index (χ0) is 17.8. The highest BCUT2D eigenvalue weighted by molar-refractivity contribution is 5.85. The van der Waals surface area contributed by atoms with Gasteiger partial charge in [-0.25, -0.2) is 13.2 Å². The van der Waals surface area contributed by atoms with Gasteiger partial charge in [0.05, 0.1) is 6.42 Å². The first-order valence-corrected chi connectivity index (χ1v) is 8.22. The smallest absolute Gasteiger partial charge is 0.224 e. The van der Waals surface area contributed by atoms with E-state index in [2.05, 4.69) is 10.6 Å². The number of carbonyl (C=O) groups is 1. The minimum absolute atomic E-state index is 0. The summed E-state index contributed by atoms with van der Waals surface area (Å²) in [5.74, 6) is -2.39. The molecule has 0 radical (unpaired) electrons. The predicted molar refractivity (Wildman–Crippen MR) is 95.9 cm³/mol. The molecule has 0 aliphatic carbocycles. The van der Waals surface area contributed by atoms with Crippen molar-refractivity contribution in [1.29, 1.82) is 0 Å². The average molecular weight is 385 g/mol. The monoisotopic (exact) mass is 384 g/mol. The molecule has 140 valence electrons. The molecule has 2 aromatic carbocycles. The largest absolute Gasteiger partial charge is 0.351 e. The van der Waals surface area contributed by atoms with E-state index in [1.807, 2.05) is 0 Å². The number of carbonyl (C=O) groups excluding carboxylic acids is 1. The molecule has 2 N–H and O–H groups in total. The molecule has 1 heterocycles. The van der Waals surface area contributed by atoms with Crippen LogP contribution in [-0.2, 0) is 11.2 Å². The fourth-order valence-electron chi connectivity index (χ4n) is 3.20. The molecule has 1 aliphatic heterocycles. The summed E-state index contributed by atoms with van der Waals surface area (Å²) in [6.45, 7) is 1.30. The SMILES string of the molecule is Cl.O=C(Cc1ccc(F)cc1)NC1CNCCC1c1ccc(F)c(F)c1. The quantitative estimate of drug-likeness (QED) is 0.849. The van der Waals surface area contributed by atoms with E-state index < -0.39 is 11.6 Å². The zero-order valence-corrected chi connectivity index (χ0v) is 14.8. The summed E-state index contributed by atoms with van der Waals surface area (Å²) in [6.07, 6.45) is 0.855. The summed E-state index contributed by atoms with van der Waals surface area (Å²) in [5.41, 5.74) is 1.39. The van der Waals surface area contributed by atoms with Crippen molar-refractivity contribution in [3.63, 3.8) is 0 Å². The second-order valence-electron chi connectivity index (χ2n) is 6.25. The van der Waals surface area contributed by atoms with Gasteiger partial charge in [0.1, 0.15) is 5.82 Å². The van der Waals surface area contributed by atoms with Crippen molar-refractivity contribution in [3.05, 3.63) is 71.0 Å². The molecule has 0 aromatic heterocycles. The molecule has 2 unspecified atom stereocenters. The predicted octanol–water partition coefficient (Wildman–Crippen LogP) is 3.33. The van der Waals surface area contributed by atoms with Gasteiger partial charge in [0.2, 0.25) is 5.91 Å². The van der Waals surface area contributed by atoms with Crippen LogP contribution in [0.15, 0.2) is 42.5 Å². The Bertz CT molecular complexity index is 755. The Balaban J connectivity index is 0.00000243. The van der Waals surface area contributed by atoms with Gasteiger partial charge in [-0.15, -0.1) is 12.4 Å². The highest BCUT2D eigenvalue weighted by Crippen LogP contribution is 2.27. The van der Waals surface area contributed by atoms with Crippen LogP contribution in [0, 0.1) is 17.5 Å². The molecule has 7 heteroatoms. The first-order chi connectivity index (χ1) is 12.0. The lowest BCUT2D eigenvalue weighted by Crippen LogP contribution is -2.50. The topological polar surface area (TPSA) is 41.1 Å². The van der Waals surface area contributed by atoms with Crippen LogP contribution in [0.1, 0.15) is 23.5 Å². The number of nitrogens with one attached hydrogen (secondary N) is 2. The van der Waals surface area contributed by atoms with Crippen molar-refractivity contribution in [3.8, 4) is 0 Å². The highest BCUT2D eigenvalue weighted by atomic mass is 35.5. The Morgan fingerprint density at radius 1 is 1.08 bits per heavy atom. The van der Waals surface area contributed by atoms with E-state index in [1.54, 1.807) is 18.2 Å². The molecule has 2 aromatic rings. The molecule has 0 bridgehead atoms. The van der Waals surface area contributed by atoms with Gasteiger partial charge in [-0.2, -0.15) is 0 Å². The summed E-state index contributed by atoms with van der Waals surface area (Å²) in [6, 6.07) is 9.43. The van der Waals surface area contributed by atoms with Gasteiger partial charge >= 0.3 is 0 Å². The van der Waals surface area contributed by atoms with Gasteiger partial charge in [0.15, 0.2) is 11.6 Å². The molecular formula is C19H20ClF3N2O. The second kappa shape index (κ2) is 9.05. The van der Waals surface area contributed by atoms with Crippen molar-refractivity contribution < 1.29 is 18.0 Å². The van der Waals surface area contributed by atoms with Crippen LogP contribution in [0.2, 0.25) is 0 Å². The maximum Gasteiger partial charge on any atom is 0.224 e. The van der Waals surface area contributed by atoms with E-state index in [-0.39, 0.29) is 42.5 Å². The third-order valence-electron chi connectivity index (χ3n) is 4.48. The van der Waals surface area contributed by atoms with Crippen LogP contribution < -0.4 is 10.6 Å². The number of amides is 1. The number of rotatable bonds is 4. The number of hydrogen-bond acceptors (Lipinski definition) is 2. The van der Waals surface area contributed by atoms with Crippen LogP contribution >= 0.6 is 12.4 Å².